The maximum Gasteiger partial charge on any atom is 0.391 e. The van der Waals surface area contributed by atoms with Crippen LogP contribution in [0.2, 0.25) is 0 Å². The molecule has 0 aromatic carbocycles. The molecule has 3 atom stereocenters. The molecule has 0 aromatic heterocycles. The molecule has 2 N–H and O–H groups in total. The van der Waals surface area contributed by atoms with Gasteiger partial charge >= 0.3 is 6.18 Å². The highest BCUT2D eigenvalue weighted by atomic mass is 35.5. The van der Waals surface area contributed by atoms with Gasteiger partial charge in [-0.3, -0.25) is 4.79 Å². The standard InChI is InChI=1S/C15H25F3N2O.ClH/c1-14(6-3-7-19-9-14)10-20-13(21)11-4-2-5-12(8-11)15(16,17)18;/h11-12,19H,2-10H2,1H3,(H,20,21);1H. The predicted octanol–water partition coefficient (Wildman–Crippen LogP) is 3.28. The van der Waals surface area contributed by atoms with E-state index in [0.717, 1.165) is 25.9 Å². The summed E-state index contributed by atoms with van der Waals surface area (Å²) in [4.78, 5) is 12.2. The number of piperidine rings is 1. The number of nitrogens with one attached hydrogen (secondary N) is 2. The van der Waals surface area contributed by atoms with Crippen LogP contribution in [0.15, 0.2) is 0 Å². The lowest BCUT2D eigenvalue weighted by atomic mass is 9.79. The molecule has 1 aliphatic heterocycles. The van der Waals surface area contributed by atoms with Crippen LogP contribution in [-0.4, -0.2) is 31.7 Å². The number of rotatable bonds is 3. The second kappa shape index (κ2) is 7.86. The Morgan fingerprint density at radius 1 is 1.32 bits per heavy atom. The number of hydrogen-bond acceptors (Lipinski definition) is 2. The quantitative estimate of drug-likeness (QED) is 0.826. The summed E-state index contributed by atoms with van der Waals surface area (Å²) in [6.07, 6.45) is -0.881. The molecule has 3 unspecified atom stereocenters. The minimum atomic E-state index is -4.17. The number of halogens is 4. The van der Waals surface area contributed by atoms with Crippen molar-refractivity contribution in [2.24, 2.45) is 17.3 Å². The molecule has 0 spiro atoms. The van der Waals surface area contributed by atoms with E-state index < -0.39 is 18.0 Å². The van der Waals surface area contributed by atoms with Crippen LogP contribution in [0.1, 0.15) is 45.4 Å². The van der Waals surface area contributed by atoms with Crippen molar-refractivity contribution in [1.82, 2.24) is 10.6 Å². The molecule has 1 saturated heterocycles. The zero-order valence-electron chi connectivity index (χ0n) is 13.0. The highest BCUT2D eigenvalue weighted by molar-refractivity contribution is 5.85. The molecule has 1 saturated carbocycles. The van der Waals surface area contributed by atoms with Crippen molar-refractivity contribution in [3.8, 4) is 0 Å². The van der Waals surface area contributed by atoms with Gasteiger partial charge in [0.25, 0.3) is 0 Å². The zero-order chi connectivity index (χ0) is 15.5. The van der Waals surface area contributed by atoms with E-state index in [1.807, 2.05) is 0 Å². The Morgan fingerprint density at radius 3 is 2.64 bits per heavy atom. The van der Waals surface area contributed by atoms with Crippen LogP contribution >= 0.6 is 12.4 Å². The highest BCUT2D eigenvalue weighted by Gasteiger charge is 2.43. The number of carbonyl (C=O) groups is 1. The van der Waals surface area contributed by atoms with Crippen molar-refractivity contribution >= 4 is 18.3 Å². The molecule has 0 aromatic rings. The molecule has 130 valence electrons. The normalized spacial score (nSPS) is 32.9. The van der Waals surface area contributed by atoms with Gasteiger partial charge in [-0.1, -0.05) is 13.3 Å². The van der Waals surface area contributed by atoms with E-state index in [2.05, 4.69) is 17.6 Å². The molecule has 7 heteroatoms. The summed E-state index contributed by atoms with van der Waals surface area (Å²) in [5.74, 6) is -1.99. The Morgan fingerprint density at radius 2 is 2.05 bits per heavy atom. The van der Waals surface area contributed by atoms with Crippen LogP contribution in [0.5, 0.6) is 0 Å². The van der Waals surface area contributed by atoms with Crippen LogP contribution in [0.4, 0.5) is 13.2 Å². The van der Waals surface area contributed by atoms with Gasteiger partial charge in [0, 0.05) is 19.0 Å². The largest absolute Gasteiger partial charge is 0.391 e. The third-order valence-corrected chi connectivity index (χ3v) is 4.88. The smallest absolute Gasteiger partial charge is 0.355 e. The maximum atomic E-state index is 12.8. The highest BCUT2D eigenvalue weighted by Crippen LogP contribution is 2.40. The van der Waals surface area contributed by atoms with Crippen LogP contribution in [0.25, 0.3) is 0 Å². The fourth-order valence-electron chi connectivity index (χ4n) is 3.44. The van der Waals surface area contributed by atoms with Gasteiger partial charge < -0.3 is 10.6 Å². The Bertz CT molecular complexity index is 370. The van der Waals surface area contributed by atoms with Crippen LogP contribution in [0.3, 0.4) is 0 Å². The monoisotopic (exact) mass is 342 g/mol. The van der Waals surface area contributed by atoms with Gasteiger partial charge in [-0.2, -0.15) is 13.2 Å². The van der Waals surface area contributed by atoms with Crippen molar-refractivity contribution in [3.05, 3.63) is 0 Å². The van der Waals surface area contributed by atoms with Crippen LogP contribution in [0, 0.1) is 17.3 Å². The molecular weight excluding hydrogens is 317 g/mol. The molecule has 2 aliphatic rings. The number of amides is 1. The third kappa shape index (κ3) is 5.30. The van der Waals surface area contributed by atoms with Gasteiger partial charge in [0.1, 0.15) is 0 Å². The summed E-state index contributed by atoms with van der Waals surface area (Å²) in [7, 11) is 0. The molecule has 2 fully saturated rings. The van der Waals surface area contributed by atoms with Gasteiger partial charge in [0.15, 0.2) is 0 Å². The number of carbonyl (C=O) groups excluding carboxylic acids is 1. The minimum Gasteiger partial charge on any atom is -0.355 e. The van der Waals surface area contributed by atoms with E-state index in [0.29, 0.717) is 19.4 Å². The van der Waals surface area contributed by atoms with E-state index in [-0.39, 0.29) is 36.6 Å². The zero-order valence-corrected chi connectivity index (χ0v) is 13.8. The Kier molecular flexibility index (Phi) is 6.99. The first-order valence-corrected chi connectivity index (χ1v) is 7.85. The second-order valence-electron chi connectivity index (χ2n) is 6.91. The average molecular weight is 343 g/mol. The van der Waals surface area contributed by atoms with Crippen molar-refractivity contribution in [3.63, 3.8) is 0 Å². The lowest BCUT2D eigenvalue weighted by Crippen LogP contribution is -2.47. The molecule has 1 aliphatic carbocycles. The van der Waals surface area contributed by atoms with Crippen molar-refractivity contribution in [2.45, 2.75) is 51.6 Å². The van der Waals surface area contributed by atoms with Crippen LogP contribution in [-0.2, 0) is 4.79 Å². The Hall–Kier alpha value is -0.490. The summed E-state index contributed by atoms with van der Waals surface area (Å²) >= 11 is 0. The molecule has 1 amide bonds. The third-order valence-electron chi connectivity index (χ3n) is 4.88. The SMILES string of the molecule is CC1(CNC(=O)C2CCCC(C(F)(F)F)C2)CCCNC1.Cl. The summed E-state index contributed by atoms with van der Waals surface area (Å²) in [5.41, 5.74) is 0.0198. The number of hydrogen-bond donors (Lipinski definition) is 2. The second-order valence-corrected chi connectivity index (χ2v) is 6.91. The van der Waals surface area contributed by atoms with E-state index in [4.69, 9.17) is 0 Å². The van der Waals surface area contributed by atoms with E-state index >= 15 is 0 Å². The van der Waals surface area contributed by atoms with Gasteiger partial charge in [-0.15, -0.1) is 12.4 Å². The molecule has 3 nitrogen and oxygen atoms in total. The molecule has 2 rings (SSSR count). The van der Waals surface area contributed by atoms with Crippen molar-refractivity contribution in [1.29, 1.82) is 0 Å². The number of alkyl halides is 3. The first-order valence-electron chi connectivity index (χ1n) is 7.85. The van der Waals surface area contributed by atoms with Crippen LogP contribution < -0.4 is 10.6 Å². The topological polar surface area (TPSA) is 41.1 Å². The van der Waals surface area contributed by atoms with Gasteiger partial charge in [-0.05, 0) is 44.1 Å². The summed E-state index contributed by atoms with van der Waals surface area (Å²) < 4.78 is 38.3. The Balaban J connectivity index is 0.00000242. The Labute approximate surface area is 136 Å². The lowest BCUT2D eigenvalue weighted by Gasteiger charge is -2.35. The summed E-state index contributed by atoms with van der Waals surface area (Å²) in [5, 5.41) is 6.19. The lowest BCUT2D eigenvalue weighted by molar-refractivity contribution is -0.186. The fourth-order valence-corrected chi connectivity index (χ4v) is 3.44. The van der Waals surface area contributed by atoms with Crippen molar-refractivity contribution < 1.29 is 18.0 Å². The fraction of sp³-hybridized carbons (Fsp3) is 0.933. The molecule has 1 heterocycles. The van der Waals surface area contributed by atoms with Gasteiger partial charge in [0.05, 0.1) is 5.92 Å². The molecule has 22 heavy (non-hydrogen) atoms. The van der Waals surface area contributed by atoms with Gasteiger partial charge in [-0.25, -0.2) is 0 Å². The van der Waals surface area contributed by atoms with E-state index in [1.165, 1.54) is 0 Å². The first kappa shape index (κ1) is 19.6. The van der Waals surface area contributed by atoms with E-state index in [1.54, 1.807) is 0 Å². The molecule has 0 radical (unpaired) electrons. The van der Waals surface area contributed by atoms with Gasteiger partial charge in [0.2, 0.25) is 5.91 Å². The maximum absolute atomic E-state index is 12.8. The summed E-state index contributed by atoms with van der Waals surface area (Å²) in [6, 6.07) is 0. The predicted molar refractivity (Wildman–Crippen MR) is 82.0 cm³/mol. The summed E-state index contributed by atoms with van der Waals surface area (Å²) in [6.45, 7) is 4.51. The van der Waals surface area contributed by atoms with E-state index in [9.17, 15) is 18.0 Å². The van der Waals surface area contributed by atoms with Crippen molar-refractivity contribution in [2.75, 3.05) is 19.6 Å². The molecule has 0 bridgehead atoms. The minimum absolute atomic E-state index is 0. The molecular formula is C15H26ClF3N2O. The average Bonchev–Trinajstić information content (AvgIpc) is 2.45. The first-order chi connectivity index (χ1) is 9.80.